The summed E-state index contributed by atoms with van der Waals surface area (Å²) in [7, 11) is 0. The van der Waals surface area contributed by atoms with Crippen molar-refractivity contribution in [2.75, 3.05) is 6.61 Å². The largest absolute Gasteiger partial charge is 0.462 e. The molecule has 0 aliphatic carbocycles. The molecule has 0 saturated heterocycles. The van der Waals surface area contributed by atoms with Gasteiger partial charge in [0, 0.05) is 6.42 Å². The van der Waals surface area contributed by atoms with Gasteiger partial charge in [0.25, 0.3) is 0 Å². The number of amides is 1. The molecule has 6 heteroatoms. The van der Waals surface area contributed by atoms with E-state index in [0.717, 1.165) is 77.0 Å². The lowest BCUT2D eigenvalue weighted by molar-refractivity contribution is -0.151. The standard InChI is InChI=1S/C56H103NO5/c1-4-7-10-13-16-19-21-23-25-27-28-30-32-34-37-40-43-46-49-56(61)62-52(47-44-41-38-36-33-31-29-26-24-22-20-17-14-11-8-5-2)50-55(60)57-53(51-58)54(59)48-45-42-39-35-18-15-12-9-6-3/h22,24,26,28-31,33,52-54,58-59H,4-21,23,25,27,32,34-51H2,1-3H3,(H,57,60)/b24-22+,29-26+,30-28+,33-31+. The summed E-state index contributed by atoms with van der Waals surface area (Å²) in [4.78, 5) is 26.1. The van der Waals surface area contributed by atoms with Crippen LogP contribution < -0.4 is 5.32 Å². The Balaban J connectivity index is 4.62. The van der Waals surface area contributed by atoms with E-state index in [-0.39, 0.29) is 24.9 Å². The third kappa shape index (κ3) is 44.4. The molecule has 0 fully saturated rings. The summed E-state index contributed by atoms with van der Waals surface area (Å²) in [6.07, 6.45) is 60.3. The molecular formula is C56H103NO5. The maximum Gasteiger partial charge on any atom is 0.306 e. The predicted octanol–water partition coefficient (Wildman–Crippen LogP) is 16.2. The second kappa shape index (κ2) is 49.8. The summed E-state index contributed by atoms with van der Waals surface area (Å²) in [5.74, 6) is -0.512. The normalized spacial score (nSPS) is 13.6. The maximum absolute atomic E-state index is 13.2. The first-order valence-electron chi connectivity index (χ1n) is 26.9. The fraction of sp³-hybridized carbons (Fsp3) is 0.821. The highest BCUT2D eigenvalue weighted by molar-refractivity contribution is 5.77. The lowest BCUT2D eigenvalue weighted by atomic mass is 10.0. The van der Waals surface area contributed by atoms with Crippen molar-refractivity contribution in [1.82, 2.24) is 5.32 Å². The van der Waals surface area contributed by atoms with Gasteiger partial charge in [0.1, 0.15) is 6.10 Å². The van der Waals surface area contributed by atoms with Crippen LogP contribution in [-0.4, -0.2) is 46.9 Å². The van der Waals surface area contributed by atoms with Crippen LogP contribution in [-0.2, 0) is 14.3 Å². The first kappa shape index (κ1) is 59.8. The van der Waals surface area contributed by atoms with Gasteiger partial charge in [0.15, 0.2) is 0 Å². The molecule has 0 aliphatic heterocycles. The zero-order chi connectivity index (χ0) is 45.2. The number of allylic oxidation sites excluding steroid dienone is 8. The monoisotopic (exact) mass is 870 g/mol. The smallest absolute Gasteiger partial charge is 0.306 e. The molecule has 3 unspecified atom stereocenters. The first-order valence-corrected chi connectivity index (χ1v) is 26.9. The molecule has 62 heavy (non-hydrogen) atoms. The van der Waals surface area contributed by atoms with E-state index in [0.29, 0.717) is 19.3 Å². The zero-order valence-corrected chi connectivity index (χ0v) is 41.3. The van der Waals surface area contributed by atoms with Crippen LogP contribution in [0.1, 0.15) is 271 Å². The Morgan fingerprint density at radius 2 is 0.839 bits per heavy atom. The number of carbonyl (C=O) groups excluding carboxylic acids is 2. The number of unbranched alkanes of at least 4 members (excludes halogenated alkanes) is 30. The zero-order valence-electron chi connectivity index (χ0n) is 41.3. The van der Waals surface area contributed by atoms with Crippen LogP contribution in [0.4, 0.5) is 0 Å². The minimum Gasteiger partial charge on any atom is -0.462 e. The van der Waals surface area contributed by atoms with Crippen molar-refractivity contribution in [3.63, 3.8) is 0 Å². The second-order valence-corrected chi connectivity index (χ2v) is 18.3. The van der Waals surface area contributed by atoms with Crippen LogP contribution in [0.15, 0.2) is 48.6 Å². The average molecular weight is 870 g/mol. The lowest BCUT2D eigenvalue weighted by Gasteiger charge is -2.24. The number of hydrogen-bond donors (Lipinski definition) is 3. The summed E-state index contributed by atoms with van der Waals surface area (Å²) < 4.78 is 5.92. The first-order chi connectivity index (χ1) is 30.5. The van der Waals surface area contributed by atoms with Crippen molar-refractivity contribution in [1.29, 1.82) is 0 Å². The number of rotatable bonds is 48. The molecule has 6 nitrogen and oxygen atoms in total. The quantitative estimate of drug-likeness (QED) is 0.0245. The van der Waals surface area contributed by atoms with Crippen LogP contribution in [0.2, 0.25) is 0 Å². The minimum absolute atomic E-state index is 0.0522. The Bertz CT molecular complexity index is 1070. The number of hydrogen-bond acceptors (Lipinski definition) is 5. The maximum atomic E-state index is 13.2. The molecule has 0 aromatic heterocycles. The van der Waals surface area contributed by atoms with E-state index in [4.69, 9.17) is 4.74 Å². The number of aliphatic hydroxyl groups excluding tert-OH is 2. The van der Waals surface area contributed by atoms with Gasteiger partial charge >= 0.3 is 5.97 Å². The van der Waals surface area contributed by atoms with Gasteiger partial charge < -0.3 is 20.3 Å². The fourth-order valence-corrected chi connectivity index (χ4v) is 8.07. The topological polar surface area (TPSA) is 95.9 Å². The van der Waals surface area contributed by atoms with E-state index in [9.17, 15) is 19.8 Å². The van der Waals surface area contributed by atoms with Crippen molar-refractivity contribution in [2.24, 2.45) is 0 Å². The Kier molecular flexibility index (Phi) is 48.1. The molecule has 0 radical (unpaired) electrons. The molecule has 0 rings (SSSR count). The summed E-state index contributed by atoms with van der Waals surface area (Å²) in [6, 6.07) is -0.713. The van der Waals surface area contributed by atoms with Crippen LogP contribution in [0.3, 0.4) is 0 Å². The lowest BCUT2D eigenvalue weighted by Crippen LogP contribution is -2.46. The van der Waals surface area contributed by atoms with Gasteiger partial charge in [-0.3, -0.25) is 9.59 Å². The van der Waals surface area contributed by atoms with Crippen molar-refractivity contribution < 1.29 is 24.5 Å². The van der Waals surface area contributed by atoms with Gasteiger partial charge in [0.05, 0.1) is 25.2 Å². The summed E-state index contributed by atoms with van der Waals surface area (Å²) in [6.45, 7) is 6.45. The Morgan fingerprint density at radius 3 is 1.29 bits per heavy atom. The van der Waals surface area contributed by atoms with Gasteiger partial charge in [-0.1, -0.05) is 230 Å². The third-order valence-corrected chi connectivity index (χ3v) is 12.2. The Hall–Kier alpha value is -2.18. The highest BCUT2D eigenvalue weighted by Gasteiger charge is 2.24. The molecule has 362 valence electrons. The number of carbonyl (C=O) groups is 2. The predicted molar refractivity (Wildman–Crippen MR) is 269 cm³/mol. The SMILES string of the molecule is CCCCCCC/C=C/C=C/C=C/CCCCCC(CC(=O)NC(CO)C(O)CCCCCCCCCCC)OC(=O)CCCCCCC/C=C/CCCCCCCCCCC. The van der Waals surface area contributed by atoms with E-state index in [1.165, 1.54) is 148 Å². The molecule has 0 aromatic rings. The van der Waals surface area contributed by atoms with E-state index < -0.39 is 18.2 Å². The number of esters is 1. The molecule has 1 amide bonds. The van der Waals surface area contributed by atoms with Crippen LogP contribution in [0, 0.1) is 0 Å². The molecule has 3 N–H and O–H groups in total. The van der Waals surface area contributed by atoms with Crippen LogP contribution >= 0.6 is 0 Å². The molecule has 3 atom stereocenters. The van der Waals surface area contributed by atoms with Crippen molar-refractivity contribution in [3.8, 4) is 0 Å². The minimum atomic E-state index is -0.797. The van der Waals surface area contributed by atoms with Crippen molar-refractivity contribution in [2.45, 2.75) is 289 Å². The van der Waals surface area contributed by atoms with Crippen LogP contribution in [0.5, 0.6) is 0 Å². The number of aliphatic hydroxyl groups is 2. The van der Waals surface area contributed by atoms with E-state index in [1.54, 1.807) is 0 Å². The molecule has 0 heterocycles. The third-order valence-electron chi connectivity index (χ3n) is 12.2. The van der Waals surface area contributed by atoms with Gasteiger partial charge in [0.2, 0.25) is 5.91 Å². The number of nitrogens with one attached hydrogen (secondary N) is 1. The van der Waals surface area contributed by atoms with E-state index in [1.807, 2.05) is 0 Å². The van der Waals surface area contributed by atoms with E-state index >= 15 is 0 Å². The van der Waals surface area contributed by atoms with Crippen molar-refractivity contribution in [3.05, 3.63) is 48.6 Å². The van der Waals surface area contributed by atoms with Gasteiger partial charge in [-0.15, -0.1) is 0 Å². The number of ether oxygens (including phenoxy) is 1. The molecular weight excluding hydrogens is 767 g/mol. The van der Waals surface area contributed by atoms with Gasteiger partial charge in [-0.05, 0) is 77.0 Å². The second-order valence-electron chi connectivity index (χ2n) is 18.3. The highest BCUT2D eigenvalue weighted by Crippen LogP contribution is 2.17. The Morgan fingerprint density at radius 1 is 0.468 bits per heavy atom. The van der Waals surface area contributed by atoms with E-state index in [2.05, 4.69) is 74.7 Å². The molecule has 0 spiro atoms. The van der Waals surface area contributed by atoms with Gasteiger partial charge in [-0.2, -0.15) is 0 Å². The summed E-state index contributed by atoms with van der Waals surface area (Å²) >= 11 is 0. The molecule has 0 aliphatic rings. The molecule has 0 bridgehead atoms. The van der Waals surface area contributed by atoms with Crippen molar-refractivity contribution >= 4 is 11.9 Å². The summed E-state index contributed by atoms with van der Waals surface area (Å²) in [5, 5.41) is 23.7. The van der Waals surface area contributed by atoms with Crippen LogP contribution in [0.25, 0.3) is 0 Å². The molecule has 0 aromatic carbocycles. The highest BCUT2D eigenvalue weighted by atomic mass is 16.5. The fourth-order valence-electron chi connectivity index (χ4n) is 8.07. The average Bonchev–Trinajstić information content (AvgIpc) is 3.26. The Labute approximate surface area is 385 Å². The van der Waals surface area contributed by atoms with Gasteiger partial charge in [-0.25, -0.2) is 0 Å². The molecule has 0 saturated carbocycles. The summed E-state index contributed by atoms with van der Waals surface area (Å²) in [5.41, 5.74) is 0.